The molecule has 0 bridgehead atoms. The average Bonchev–Trinajstić information content (AvgIpc) is 3.25. The van der Waals surface area contributed by atoms with Crippen LogP contribution in [0, 0.1) is 0 Å². The first-order chi connectivity index (χ1) is 11.7. The van der Waals surface area contributed by atoms with Gasteiger partial charge in [0.25, 0.3) is 5.78 Å². The summed E-state index contributed by atoms with van der Waals surface area (Å²) in [6, 6.07) is 13.6. The minimum absolute atomic E-state index is 0.0283. The van der Waals surface area contributed by atoms with Crippen LogP contribution in [0.4, 0.5) is 11.9 Å². The highest BCUT2D eigenvalue weighted by Crippen LogP contribution is 2.20. The Morgan fingerprint density at radius 2 is 1.92 bits per heavy atom. The Balaban J connectivity index is 1.67. The lowest BCUT2D eigenvalue weighted by atomic mass is 10.1. The molecule has 0 unspecified atom stereocenters. The Morgan fingerprint density at radius 1 is 1.08 bits per heavy atom. The maximum atomic E-state index is 5.98. The number of rotatable bonds is 4. The Labute approximate surface area is 137 Å². The molecule has 0 amide bonds. The Kier molecular flexibility index (Phi) is 3.34. The quantitative estimate of drug-likeness (QED) is 0.594. The van der Waals surface area contributed by atoms with Gasteiger partial charge in [0, 0.05) is 0 Å². The van der Waals surface area contributed by atoms with Crippen molar-refractivity contribution >= 4 is 17.7 Å². The zero-order valence-corrected chi connectivity index (χ0v) is 12.9. The van der Waals surface area contributed by atoms with E-state index in [0.29, 0.717) is 23.3 Å². The van der Waals surface area contributed by atoms with Crippen LogP contribution in [-0.4, -0.2) is 24.6 Å². The summed E-state index contributed by atoms with van der Waals surface area (Å²) in [4.78, 5) is 13.0. The molecular weight excluding hydrogens is 306 g/mol. The van der Waals surface area contributed by atoms with E-state index in [0.717, 1.165) is 5.56 Å². The van der Waals surface area contributed by atoms with Gasteiger partial charge in [0.2, 0.25) is 17.7 Å². The van der Waals surface area contributed by atoms with Crippen molar-refractivity contribution < 1.29 is 4.42 Å². The smallest absolute Gasteiger partial charge is 0.259 e. The van der Waals surface area contributed by atoms with Crippen molar-refractivity contribution in [3.8, 4) is 11.6 Å². The first-order valence-electron chi connectivity index (χ1n) is 7.46. The van der Waals surface area contributed by atoms with Crippen molar-refractivity contribution in [2.45, 2.75) is 13.0 Å². The maximum absolute atomic E-state index is 5.98. The predicted octanol–water partition coefficient (Wildman–Crippen LogP) is 2.53. The first-order valence-corrected chi connectivity index (χ1v) is 7.46. The van der Waals surface area contributed by atoms with Crippen molar-refractivity contribution in [2.24, 2.45) is 0 Å². The zero-order chi connectivity index (χ0) is 16.5. The average molecular weight is 321 g/mol. The summed E-state index contributed by atoms with van der Waals surface area (Å²) in [5.41, 5.74) is 7.10. The van der Waals surface area contributed by atoms with E-state index in [9.17, 15) is 0 Å². The van der Waals surface area contributed by atoms with Gasteiger partial charge in [0.05, 0.1) is 12.3 Å². The number of nitrogens with two attached hydrogens (primary N) is 1. The Morgan fingerprint density at radius 3 is 2.67 bits per heavy atom. The molecule has 1 aromatic carbocycles. The van der Waals surface area contributed by atoms with Gasteiger partial charge in [0.15, 0.2) is 5.76 Å². The molecule has 4 rings (SSSR count). The molecule has 0 aliphatic heterocycles. The second-order valence-corrected chi connectivity index (χ2v) is 5.31. The van der Waals surface area contributed by atoms with Gasteiger partial charge < -0.3 is 15.5 Å². The lowest BCUT2D eigenvalue weighted by Gasteiger charge is -2.14. The molecule has 8 heteroatoms. The number of benzene rings is 1. The summed E-state index contributed by atoms with van der Waals surface area (Å²) in [6.07, 6.45) is 1.56. The van der Waals surface area contributed by atoms with Crippen molar-refractivity contribution in [1.29, 1.82) is 0 Å². The number of aromatic nitrogens is 5. The molecule has 3 N–H and O–H groups in total. The predicted molar refractivity (Wildman–Crippen MR) is 89.2 cm³/mol. The van der Waals surface area contributed by atoms with Crippen molar-refractivity contribution in [3.63, 3.8) is 0 Å². The monoisotopic (exact) mass is 321 g/mol. The molecule has 0 aliphatic carbocycles. The van der Waals surface area contributed by atoms with Crippen molar-refractivity contribution in [2.75, 3.05) is 11.1 Å². The van der Waals surface area contributed by atoms with Gasteiger partial charge in [-0.05, 0) is 24.6 Å². The van der Waals surface area contributed by atoms with Gasteiger partial charge in [-0.3, -0.25) is 0 Å². The summed E-state index contributed by atoms with van der Waals surface area (Å²) in [5, 5.41) is 7.50. The van der Waals surface area contributed by atoms with Crippen LogP contribution in [0.2, 0.25) is 0 Å². The van der Waals surface area contributed by atoms with Crippen LogP contribution in [0.15, 0.2) is 53.1 Å². The molecule has 0 radical (unpaired) electrons. The minimum Gasteiger partial charge on any atom is -0.461 e. The lowest BCUT2D eigenvalue weighted by molar-refractivity contribution is 0.577. The molecule has 24 heavy (non-hydrogen) atoms. The van der Waals surface area contributed by atoms with E-state index in [1.165, 1.54) is 4.52 Å². The summed E-state index contributed by atoms with van der Waals surface area (Å²) < 4.78 is 6.68. The fourth-order valence-electron chi connectivity index (χ4n) is 2.40. The fraction of sp³-hybridized carbons (Fsp3) is 0.125. The van der Waals surface area contributed by atoms with E-state index in [2.05, 4.69) is 25.4 Å². The van der Waals surface area contributed by atoms with E-state index in [-0.39, 0.29) is 12.0 Å². The fourth-order valence-corrected chi connectivity index (χ4v) is 2.40. The number of furan rings is 1. The summed E-state index contributed by atoms with van der Waals surface area (Å²) >= 11 is 0. The number of nitrogens with one attached hydrogen (secondary N) is 1. The summed E-state index contributed by atoms with van der Waals surface area (Å²) in [6.45, 7) is 2.02. The third-order valence-corrected chi connectivity index (χ3v) is 3.62. The number of fused-ring (bicyclic) bond motifs is 1. The highest BCUT2D eigenvalue weighted by Gasteiger charge is 2.15. The van der Waals surface area contributed by atoms with Crippen molar-refractivity contribution in [1.82, 2.24) is 24.6 Å². The normalized spacial score (nSPS) is 12.4. The number of nitrogen functional groups attached to an aromatic ring is 1. The number of hydrogen-bond acceptors (Lipinski definition) is 7. The van der Waals surface area contributed by atoms with Crippen molar-refractivity contribution in [3.05, 3.63) is 54.3 Å². The molecule has 0 fully saturated rings. The van der Waals surface area contributed by atoms with E-state index >= 15 is 0 Å². The topological polar surface area (TPSA) is 107 Å². The lowest BCUT2D eigenvalue weighted by Crippen LogP contribution is -2.12. The maximum Gasteiger partial charge on any atom is 0.259 e. The molecule has 3 aromatic heterocycles. The van der Waals surface area contributed by atoms with Crippen LogP contribution in [0.3, 0.4) is 0 Å². The van der Waals surface area contributed by atoms with Gasteiger partial charge in [-0.15, -0.1) is 5.10 Å². The molecule has 0 spiro atoms. The number of nitrogens with zero attached hydrogens (tertiary/aromatic N) is 5. The van der Waals surface area contributed by atoms with Gasteiger partial charge in [-0.2, -0.15) is 19.5 Å². The van der Waals surface area contributed by atoms with E-state index < -0.39 is 0 Å². The van der Waals surface area contributed by atoms with E-state index in [4.69, 9.17) is 10.2 Å². The molecule has 120 valence electrons. The summed E-state index contributed by atoms with van der Waals surface area (Å²) in [5.74, 6) is 1.92. The highest BCUT2D eigenvalue weighted by atomic mass is 16.3. The molecule has 4 aromatic rings. The molecule has 0 aliphatic rings. The van der Waals surface area contributed by atoms with E-state index in [1.807, 2.05) is 37.3 Å². The second-order valence-electron chi connectivity index (χ2n) is 5.31. The molecule has 3 heterocycles. The molecule has 8 nitrogen and oxygen atoms in total. The van der Waals surface area contributed by atoms with E-state index in [1.54, 1.807) is 18.4 Å². The standard InChI is InChI=1S/C16H15N7O/c1-10(11-6-3-2-4-7-11)18-15-20-14(17)23-16(21-15)19-13(22-23)12-8-5-9-24-12/h2-10H,1H3,(H3,17,18,19,20,21,22)/t10-/m0/s1. The van der Waals surface area contributed by atoms with Gasteiger partial charge >= 0.3 is 0 Å². The first kappa shape index (κ1) is 14.2. The van der Waals surface area contributed by atoms with Gasteiger partial charge in [-0.1, -0.05) is 30.3 Å². The highest BCUT2D eigenvalue weighted by molar-refractivity contribution is 5.52. The third kappa shape index (κ3) is 2.54. The van der Waals surface area contributed by atoms with Crippen LogP contribution in [0.25, 0.3) is 17.4 Å². The van der Waals surface area contributed by atoms with Crippen LogP contribution in [0.1, 0.15) is 18.5 Å². The van der Waals surface area contributed by atoms with Crippen LogP contribution < -0.4 is 11.1 Å². The van der Waals surface area contributed by atoms with Crippen LogP contribution in [0.5, 0.6) is 0 Å². The third-order valence-electron chi connectivity index (χ3n) is 3.62. The second kappa shape index (κ2) is 5.65. The minimum atomic E-state index is 0.0283. The zero-order valence-electron chi connectivity index (χ0n) is 12.9. The molecule has 0 saturated carbocycles. The molecule has 0 saturated heterocycles. The summed E-state index contributed by atoms with van der Waals surface area (Å²) in [7, 11) is 0. The van der Waals surface area contributed by atoms with Crippen LogP contribution >= 0.6 is 0 Å². The Bertz CT molecular complexity index is 963. The van der Waals surface area contributed by atoms with Gasteiger partial charge in [0.1, 0.15) is 0 Å². The Hall–Kier alpha value is -3.42. The number of hydrogen-bond donors (Lipinski definition) is 2. The SMILES string of the molecule is C[C@H](Nc1nc(N)n2nc(-c3ccco3)nc2n1)c1ccccc1. The van der Waals surface area contributed by atoms with Gasteiger partial charge in [-0.25, -0.2) is 0 Å². The number of anilines is 2. The van der Waals surface area contributed by atoms with Crippen LogP contribution in [-0.2, 0) is 0 Å². The largest absolute Gasteiger partial charge is 0.461 e. The molecule has 1 atom stereocenters. The molecular formula is C16H15N7O.